The van der Waals surface area contributed by atoms with Crippen LogP contribution in [-0.2, 0) is 0 Å². The van der Waals surface area contributed by atoms with Crippen LogP contribution in [0.15, 0.2) is 48.5 Å². The van der Waals surface area contributed by atoms with Gasteiger partial charge in [-0.05, 0) is 24.1 Å². The molecule has 2 heteroatoms. The van der Waals surface area contributed by atoms with Gasteiger partial charge in [-0.15, -0.1) is 0 Å². The van der Waals surface area contributed by atoms with Crippen molar-refractivity contribution in [2.45, 2.75) is 25.9 Å². The lowest BCUT2D eigenvalue weighted by molar-refractivity contribution is 0.169. The fraction of sp³-hybridized carbons (Fsp3) is 0.250. The van der Waals surface area contributed by atoms with Gasteiger partial charge in [-0.1, -0.05) is 61.0 Å². The molecule has 0 bridgehead atoms. The van der Waals surface area contributed by atoms with Crippen LogP contribution in [-0.4, -0.2) is 11.2 Å². The zero-order valence-electron chi connectivity index (χ0n) is 10.6. The molecule has 0 amide bonds. The molecule has 2 atom stereocenters. The van der Waals surface area contributed by atoms with Crippen LogP contribution < -0.4 is 0 Å². The maximum atomic E-state index is 9.58. The van der Waals surface area contributed by atoms with E-state index in [1.165, 1.54) is 0 Å². The molecule has 0 aliphatic heterocycles. The quantitative estimate of drug-likeness (QED) is 0.862. The first kappa shape index (κ1) is 13.1. The molecule has 18 heavy (non-hydrogen) atoms. The Bertz CT molecular complexity index is 517. The Morgan fingerprint density at radius 3 is 2.11 bits per heavy atom. The summed E-state index contributed by atoms with van der Waals surface area (Å²) in [5.41, 5.74) is 3.28. The normalized spacial score (nSPS) is 14.2. The number of aliphatic hydroxyl groups excluding tert-OH is 1. The molecular formula is C16H17ClO. The zero-order chi connectivity index (χ0) is 13.1. The number of benzene rings is 2. The molecule has 2 rings (SSSR count). The minimum absolute atomic E-state index is 0.144. The highest BCUT2D eigenvalue weighted by molar-refractivity contribution is 6.33. The summed E-state index contributed by atoms with van der Waals surface area (Å²) in [4.78, 5) is 0. The van der Waals surface area contributed by atoms with Gasteiger partial charge in [0.05, 0.1) is 6.10 Å². The van der Waals surface area contributed by atoms with Crippen molar-refractivity contribution in [1.82, 2.24) is 0 Å². The minimum Gasteiger partial charge on any atom is -0.393 e. The first-order valence-corrected chi connectivity index (χ1v) is 6.50. The van der Waals surface area contributed by atoms with Gasteiger partial charge in [-0.3, -0.25) is 0 Å². The average molecular weight is 261 g/mol. The predicted octanol–water partition coefficient (Wildman–Crippen LogP) is 4.49. The Morgan fingerprint density at radius 2 is 1.56 bits per heavy atom. The summed E-state index contributed by atoms with van der Waals surface area (Å²) in [5.74, 6) is 0.144. The van der Waals surface area contributed by atoms with Crippen LogP contribution in [0.4, 0.5) is 0 Å². The summed E-state index contributed by atoms with van der Waals surface area (Å²) in [7, 11) is 0. The lowest BCUT2D eigenvalue weighted by atomic mass is 9.94. The van der Waals surface area contributed by atoms with Crippen molar-refractivity contribution in [3.05, 3.63) is 59.1 Å². The van der Waals surface area contributed by atoms with E-state index in [-0.39, 0.29) is 12.0 Å². The summed E-state index contributed by atoms with van der Waals surface area (Å²) >= 11 is 6.17. The van der Waals surface area contributed by atoms with Gasteiger partial charge in [0.2, 0.25) is 0 Å². The molecule has 0 aliphatic carbocycles. The smallest absolute Gasteiger partial charge is 0.0577 e. The number of hydrogen-bond donors (Lipinski definition) is 1. The zero-order valence-corrected chi connectivity index (χ0v) is 11.4. The molecule has 94 valence electrons. The number of hydrogen-bond acceptors (Lipinski definition) is 1. The summed E-state index contributed by atoms with van der Waals surface area (Å²) in [6.45, 7) is 3.84. The highest BCUT2D eigenvalue weighted by atomic mass is 35.5. The van der Waals surface area contributed by atoms with E-state index >= 15 is 0 Å². The van der Waals surface area contributed by atoms with Crippen LogP contribution in [0, 0.1) is 0 Å². The van der Waals surface area contributed by atoms with Crippen molar-refractivity contribution in [2.24, 2.45) is 0 Å². The van der Waals surface area contributed by atoms with Gasteiger partial charge in [-0.2, -0.15) is 0 Å². The summed E-state index contributed by atoms with van der Waals surface area (Å²) in [6, 6.07) is 16.0. The molecule has 0 heterocycles. The van der Waals surface area contributed by atoms with E-state index in [0.29, 0.717) is 0 Å². The third kappa shape index (κ3) is 2.74. The summed E-state index contributed by atoms with van der Waals surface area (Å²) < 4.78 is 0. The van der Waals surface area contributed by atoms with E-state index in [1.54, 1.807) is 0 Å². The first-order valence-electron chi connectivity index (χ1n) is 6.12. The topological polar surface area (TPSA) is 20.2 Å². The van der Waals surface area contributed by atoms with Crippen molar-refractivity contribution >= 4 is 11.6 Å². The van der Waals surface area contributed by atoms with E-state index in [9.17, 15) is 5.11 Å². The number of rotatable bonds is 3. The van der Waals surface area contributed by atoms with Gasteiger partial charge in [0.1, 0.15) is 0 Å². The third-order valence-corrected chi connectivity index (χ3v) is 3.67. The average Bonchev–Trinajstić information content (AvgIpc) is 2.38. The first-order chi connectivity index (χ1) is 8.59. The fourth-order valence-corrected chi connectivity index (χ4v) is 2.18. The van der Waals surface area contributed by atoms with Crippen LogP contribution in [0.1, 0.15) is 25.3 Å². The van der Waals surface area contributed by atoms with Crippen LogP contribution in [0.5, 0.6) is 0 Å². The van der Waals surface area contributed by atoms with Crippen molar-refractivity contribution in [1.29, 1.82) is 0 Å². The molecule has 0 saturated heterocycles. The van der Waals surface area contributed by atoms with Crippen molar-refractivity contribution in [2.75, 3.05) is 0 Å². The number of aliphatic hydroxyl groups is 1. The van der Waals surface area contributed by atoms with Crippen molar-refractivity contribution < 1.29 is 5.11 Å². The van der Waals surface area contributed by atoms with Crippen LogP contribution in [0.25, 0.3) is 11.1 Å². The number of halogens is 1. The SMILES string of the molecule is CC(O)C(C)c1ccc(-c2ccccc2Cl)cc1. The monoisotopic (exact) mass is 260 g/mol. The molecule has 2 aromatic carbocycles. The van der Waals surface area contributed by atoms with Crippen molar-refractivity contribution in [3.63, 3.8) is 0 Å². The van der Waals surface area contributed by atoms with E-state index < -0.39 is 0 Å². The molecule has 0 aromatic heterocycles. The molecule has 2 unspecified atom stereocenters. The summed E-state index contributed by atoms with van der Waals surface area (Å²) in [5, 5.41) is 10.3. The van der Waals surface area contributed by atoms with Gasteiger partial charge >= 0.3 is 0 Å². The Labute approximate surface area is 113 Å². The van der Waals surface area contributed by atoms with Crippen LogP contribution in [0.2, 0.25) is 5.02 Å². The van der Waals surface area contributed by atoms with E-state index in [2.05, 4.69) is 24.3 Å². The van der Waals surface area contributed by atoms with E-state index in [1.807, 2.05) is 38.1 Å². The second-order valence-corrected chi connectivity index (χ2v) is 5.04. The molecule has 0 fully saturated rings. The van der Waals surface area contributed by atoms with E-state index in [0.717, 1.165) is 21.7 Å². The van der Waals surface area contributed by atoms with Crippen LogP contribution in [0.3, 0.4) is 0 Å². The Morgan fingerprint density at radius 1 is 0.944 bits per heavy atom. The Balaban J connectivity index is 2.31. The molecule has 0 radical (unpaired) electrons. The van der Waals surface area contributed by atoms with Gasteiger partial charge in [0.15, 0.2) is 0 Å². The minimum atomic E-state index is -0.337. The van der Waals surface area contributed by atoms with Gasteiger partial charge in [0.25, 0.3) is 0 Å². The molecule has 0 aliphatic rings. The molecule has 0 spiro atoms. The van der Waals surface area contributed by atoms with Gasteiger partial charge in [-0.25, -0.2) is 0 Å². The highest BCUT2D eigenvalue weighted by Gasteiger charge is 2.11. The lowest BCUT2D eigenvalue weighted by Gasteiger charge is -2.15. The van der Waals surface area contributed by atoms with E-state index in [4.69, 9.17) is 11.6 Å². The standard InChI is InChI=1S/C16H17ClO/c1-11(12(2)18)13-7-9-14(10-8-13)15-5-3-4-6-16(15)17/h3-12,18H,1-2H3. The maximum Gasteiger partial charge on any atom is 0.0577 e. The highest BCUT2D eigenvalue weighted by Crippen LogP contribution is 2.29. The van der Waals surface area contributed by atoms with Crippen molar-refractivity contribution in [3.8, 4) is 11.1 Å². The maximum absolute atomic E-state index is 9.58. The molecule has 2 aromatic rings. The van der Waals surface area contributed by atoms with Crippen LogP contribution >= 0.6 is 11.6 Å². The molecule has 1 nitrogen and oxygen atoms in total. The van der Waals surface area contributed by atoms with Gasteiger partial charge < -0.3 is 5.11 Å². The Hall–Kier alpha value is -1.31. The molecular weight excluding hydrogens is 244 g/mol. The third-order valence-electron chi connectivity index (χ3n) is 3.34. The molecule has 0 saturated carbocycles. The largest absolute Gasteiger partial charge is 0.393 e. The molecule has 1 N–H and O–H groups in total. The van der Waals surface area contributed by atoms with Gasteiger partial charge in [0, 0.05) is 16.5 Å². The fourth-order valence-electron chi connectivity index (χ4n) is 1.94. The lowest BCUT2D eigenvalue weighted by Crippen LogP contribution is -2.10. The second-order valence-electron chi connectivity index (χ2n) is 4.63. The second kappa shape index (κ2) is 5.55. The summed E-state index contributed by atoms with van der Waals surface area (Å²) in [6.07, 6.45) is -0.337. The Kier molecular flexibility index (Phi) is 4.05. The predicted molar refractivity (Wildman–Crippen MR) is 77.0 cm³/mol.